The van der Waals surface area contributed by atoms with E-state index in [0.29, 0.717) is 22.5 Å². The largest absolute Gasteiger partial charge is 0.385 e. The third-order valence-corrected chi connectivity index (χ3v) is 4.88. The Morgan fingerprint density at radius 1 is 0.706 bits per heavy atom. The van der Waals surface area contributed by atoms with Gasteiger partial charge in [-0.05, 0) is 23.8 Å². The summed E-state index contributed by atoms with van der Waals surface area (Å²) in [4.78, 5) is 0. The molecule has 0 amide bonds. The van der Waals surface area contributed by atoms with Crippen LogP contribution in [-0.2, 0) is 0 Å². The molecule has 0 radical (unpaired) electrons. The molecule has 0 spiro atoms. The van der Waals surface area contributed by atoms with Crippen LogP contribution in [0.1, 0.15) is 23.3 Å². The van der Waals surface area contributed by atoms with Gasteiger partial charge in [0.25, 0.3) is 0 Å². The molecular formula is C20H22N12O2. The van der Waals surface area contributed by atoms with Gasteiger partial charge in [-0.1, -0.05) is 30.3 Å². The molecule has 2 aromatic heterocycles. The highest BCUT2D eigenvalue weighted by Crippen LogP contribution is 2.37. The molecular weight excluding hydrogens is 440 g/mol. The van der Waals surface area contributed by atoms with Crippen LogP contribution in [-0.4, -0.2) is 30.6 Å². The molecule has 0 saturated carbocycles. The van der Waals surface area contributed by atoms with E-state index in [1.165, 1.54) is 0 Å². The number of aromatic nitrogens is 4. The number of aliphatic hydroxyl groups is 2. The van der Waals surface area contributed by atoms with Gasteiger partial charge < -0.3 is 33.1 Å². The first kappa shape index (κ1) is 22.4. The van der Waals surface area contributed by atoms with Crippen molar-refractivity contribution in [2.75, 3.05) is 22.9 Å². The highest BCUT2D eigenvalue weighted by atomic mass is 16.3. The van der Waals surface area contributed by atoms with E-state index in [1.807, 2.05) is 0 Å². The number of nitrogen functional groups attached to an aromatic ring is 4. The summed E-state index contributed by atoms with van der Waals surface area (Å²) in [6.07, 6.45) is -2.64. The summed E-state index contributed by atoms with van der Waals surface area (Å²) < 4.78 is 0. The Morgan fingerprint density at radius 3 is 1.94 bits per heavy atom. The van der Waals surface area contributed by atoms with Crippen LogP contribution >= 0.6 is 0 Å². The number of azo groups is 2. The van der Waals surface area contributed by atoms with Crippen molar-refractivity contribution >= 4 is 46.0 Å². The van der Waals surface area contributed by atoms with Crippen molar-refractivity contribution < 1.29 is 10.2 Å². The highest BCUT2D eigenvalue weighted by molar-refractivity contribution is 5.71. The quantitative estimate of drug-likeness (QED) is 0.189. The van der Waals surface area contributed by atoms with Gasteiger partial charge >= 0.3 is 0 Å². The summed E-state index contributed by atoms with van der Waals surface area (Å²) in [5.41, 5.74) is 24.7. The van der Waals surface area contributed by atoms with Crippen LogP contribution in [0.15, 0.2) is 69.0 Å². The number of H-pyrrole nitrogens is 2. The average molecular weight is 462 g/mol. The van der Waals surface area contributed by atoms with Gasteiger partial charge in [-0.15, -0.1) is 15.3 Å². The zero-order chi connectivity index (χ0) is 24.2. The number of anilines is 4. The summed E-state index contributed by atoms with van der Waals surface area (Å²) in [7, 11) is 0. The average Bonchev–Trinajstić information content (AvgIpc) is 3.35. The lowest BCUT2D eigenvalue weighted by Gasteiger charge is -2.20. The number of aliphatic hydroxyl groups excluding tert-OH is 2. The van der Waals surface area contributed by atoms with Crippen molar-refractivity contribution in [2.24, 2.45) is 20.5 Å². The Balaban J connectivity index is 1.58. The van der Waals surface area contributed by atoms with Crippen LogP contribution in [0, 0.1) is 0 Å². The molecule has 174 valence electrons. The minimum absolute atomic E-state index is 0.0872. The fourth-order valence-electron chi connectivity index (χ4n) is 3.10. The number of rotatable bonds is 7. The van der Waals surface area contributed by atoms with Crippen LogP contribution in [0.2, 0.25) is 0 Å². The molecule has 4 aromatic rings. The molecule has 0 saturated heterocycles. The number of aromatic amines is 2. The number of nitrogens with two attached hydrogens (primary N) is 4. The third kappa shape index (κ3) is 4.52. The van der Waals surface area contributed by atoms with Gasteiger partial charge in [0.1, 0.15) is 23.8 Å². The maximum Gasteiger partial charge on any atom is 0.175 e. The molecule has 4 rings (SSSR count). The smallest absolute Gasteiger partial charge is 0.175 e. The van der Waals surface area contributed by atoms with Crippen molar-refractivity contribution in [3.8, 4) is 0 Å². The molecule has 0 aliphatic heterocycles. The lowest BCUT2D eigenvalue weighted by atomic mass is 9.97. The summed E-state index contributed by atoms with van der Waals surface area (Å²) in [5.74, 6) is 0.531. The first-order valence-corrected chi connectivity index (χ1v) is 9.92. The van der Waals surface area contributed by atoms with E-state index in [2.05, 4.69) is 40.9 Å². The third-order valence-electron chi connectivity index (χ3n) is 4.88. The van der Waals surface area contributed by atoms with Crippen LogP contribution in [0.5, 0.6) is 0 Å². The summed E-state index contributed by atoms with van der Waals surface area (Å²) in [5, 5.41) is 50.5. The van der Waals surface area contributed by atoms with Crippen molar-refractivity contribution in [3.05, 3.63) is 59.7 Å². The number of nitrogens with one attached hydrogen (secondary N) is 2. The molecule has 0 aliphatic rings. The first-order valence-electron chi connectivity index (χ1n) is 9.92. The van der Waals surface area contributed by atoms with E-state index in [-0.39, 0.29) is 34.6 Å². The Kier molecular flexibility index (Phi) is 6.16. The predicted molar refractivity (Wildman–Crippen MR) is 126 cm³/mol. The molecule has 34 heavy (non-hydrogen) atoms. The molecule has 0 aliphatic carbocycles. The zero-order valence-corrected chi connectivity index (χ0v) is 17.7. The van der Waals surface area contributed by atoms with Crippen molar-refractivity contribution in [1.29, 1.82) is 0 Å². The highest BCUT2D eigenvalue weighted by Gasteiger charge is 2.23. The monoisotopic (exact) mass is 462 g/mol. The number of hydrogen-bond donors (Lipinski definition) is 8. The molecule has 2 heterocycles. The van der Waals surface area contributed by atoms with Gasteiger partial charge in [-0.25, -0.2) is 0 Å². The van der Waals surface area contributed by atoms with E-state index in [1.54, 1.807) is 48.5 Å². The van der Waals surface area contributed by atoms with E-state index in [9.17, 15) is 10.2 Å². The van der Waals surface area contributed by atoms with E-state index >= 15 is 0 Å². The van der Waals surface area contributed by atoms with Gasteiger partial charge in [0, 0.05) is 5.56 Å². The van der Waals surface area contributed by atoms with E-state index in [0.717, 1.165) is 0 Å². The standard InChI is InChI=1S/C20H22N12O2/c21-17-13(18(22)30-29-17)27-25-10-5-3-4-9(8-10)15(33)16(34)11-6-1-2-7-12(11)26-28-14-19(23)31-32-20(14)24/h1-8,15-16,33-34H,(H5,21,22,29,30)(H5,23,24,31,32). The summed E-state index contributed by atoms with van der Waals surface area (Å²) in [6.45, 7) is 0. The van der Waals surface area contributed by atoms with E-state index < -0.39 is 12.2 Å². The van der Waals surface area contributed by atoms with Crippen LogP contribution < -0.4 is 22.9 Å². The van der Waals surface area contributed by atoms with Crippen LogP contribution in [0.3, 0.4) is 0 Å². The fraction of sp³-hybridized carbons (Fsp3) is 0.100. The Labute approximate surface area is 192 Å². The lowest BCUT2D eigenvalue weighted by molar-refractivity contribution is 0.0176. The predicted octanol–water partition coefficient (Wildman–Crippen LogP) is 3.06. The maximum atomic E-state index is 10.9. The number of hydrogen-bond acceptors (Lipinski definition) is 12. The summed E-state index contributed by atoms with van der Waals surface area (Å²) >= 11 is 0. The molecule has 0 fully saturated rings. The van der Waals surface area contributed by atoms with Gasteiger partial charge in [0.2, 0.25) is 0 Å². The SMILES string of the molecule is Nc1n[nH]c(N)c1N=Nc1cccc(C(O)C(O)c2ccccc2N=Nc2c(N)n[nH]c2N)c1. The Bertz CT molecular complexity index is 1320. The molecule has 2 aromatic carbocycles. The van der Waals surface area contributed by atoms with Gasteiger partial charge in [0.05, 0.1) is 11.4 Å². The number of benzene rings is 2. The molecule has 12 N–H and O–H groups in total. The van der Waals surface area contributed by atoms with Crippen molar-refractivity contribution in [2.45, 2.75) is 12.2 Å². The second-order valence-corrected chi connectivity index (χ2v) is 7.19. The minimum Gasteiger partial charge on any atom is -0.385 e. The topological polar surface area (TPSA) is 251 Å². The van der Waals surface area contributed by atoms with Crippen molar-refractivity contribution in [3.63, 3.8) is 0 Å². The second kappa shape index (κ2) is 9.35. The first-order chi connectivity index (χ1) is 16.3. The number of nitrogens with zero attached hydrogens (tertiary/aromatic N) is 6. The lowest BCUT2D eigenvalue weighted by Crippen LogP contribution is -2.10. The van der Waals surface area contributed by atoms with Crippen LogP contribution in [0.4, 0.5) is 46.0 Å². The van der Waals surface area contributed by atoms with Gasteiger partial charge in [-0.2, -0.15) is 15.3 Å². The normalized spacial score (nSPS) is 13.6. The van der Waals surface area contributed by atoms with Crippen LogP contribution in [0.25, 0.3) is 0 Å². The zero-order valence-electron chi connectivity index (χ0n) is 17.7. The minimum atomic E-state index is -1.33. The Morgan fingerprint density at radius 2 is 1.32 bits per heavy atom. The fourth-order valence-corrected chi connectivity index (χ4v) is 3.10. The van der Waals surface area contributed by atoms with E-state index in [4.69, 9.17) is 22.9 Å². The van der Waals surface area contributed by atoms with Gasteiger partial charge in [0.15, 0.2) is 23.0 Å². The van der Waals surface area contributed by atoms with Crippen molar-refractivity contribution in [1.82, 2.24) is 20.4 Å². The molecule has 0 bridgehead atoms. The Hall–Kier alpha value is -4.82. The maximum absolute atomic E-state index is 10.9. The molecule has 14 nitrogen and oxygen atoms in total. The molecule has 14 heteroatoms. The van der Waals surface area contributed by atoms with Gasteiger partial charge in [-0.3, -0.25) is 10.2 Å². The second-order valence-electron chi connectivity index (χ2n) is 7.19. The molecule has 2 atom stereocenters. The molecule has 2 unspecified atom stereocenters. The summed E-state index contributed by atoms with van der Waals surface area (Å²) in [6, 6.07) is 13.2.